The molecule has 1 aliphatic rings. The van der Waals surface area contributed by atoms with Crippen molar-refractivity contribution in [3.05, 3.63) is 40.6 Å². The number of rotatable bonds is 7. The molecule has 0 radical (unpaired) electrons. The third-order valence-corrected chi connectivity index (χ3v) is 4.82. The van der Waals surface area contributed by atoms with Gasteiger partial charge in [0.1, 0.15) is 5.75 Å². The van der Waals surface area contributed by atoms with E-state index < -0.39 is 0 Å². The Morgan fingerprint density at radius 3 is 2.92 bits per heavy atom. The molecule has 0 saturated heterocycles. The second kappa shape index (κ2) is 8.85. The number of anilines is 3. The molecule has 2 aromatic rings. The quantitative estimate of drug-likeness (QED) is 0.673. The molecule has 0 bridgehead atoms. The number of nitrogens with zero attached hydrogens (tertiary/aromatic N) is 3. The first-order valence-corrected chi connectivity index (χ1v) is 9.26. The SMILES string of the molecule is COc1cc(Cl)c(C)cc1Nc1cnnc(NCCC2=CCCCC2)n1. The Morgan fingerprint density at radius 2 is 2.15 bits per heavy atom. The van der Waals surface area contributed by atoms with Crippen molar-refractivity contribution in [2.75, 3.05) is 24.3 Å². The van der Waals surface area contributed by atoms with Crippen LogP contribution in [0.3, 0.4) is 0 Å². The largest absolute Gasteiger partial charge is 0.495 e. The van der Waals surface area contributed by atoms with Crippen LogP contribution in [0.2, 0.25) is 5.02 Å². The van der Waals surface area contributed by atoms with Gasteiger partial charge in [0.15, 0.2) is 5.82 Å². The highest BCUT2D eigenvalue weighted by molar-refractivity contribution is 6.31. The van der Waals surface area contributed by atoms with Crippen LogP contribution in [0.15, 0.2) is 30.0 Å². The molecule has 138 valence electrons. The van der Waals surface area contributed by atoms with Crippen LogP contribution in [0, 0.1) is 6.92 Å². The number of allylic oxidation sites excluding steroid dienone is 1. The molecule has 1 heterocycles. The summed E-state index contributed by atoms with van der Waals surface area (Å²) in [5, 5.41) is 15.2. The Balaban J connectivity index is 1.64. The highest BCUT2D eigenvalue weighted by Gasteiger charge is 2.09. The molecule has 0 saturated carbocycles. The molecule has 2 N–H and O–H groups in total. The minimum atomic E-state index is 0.510. The highest BCUT2D eigenvalue weighted by Crippen LogP contribution is 2.32. The molecule has 26 heavy (non-hydrogen) atoms. The third-order valence-electron chi connectivity index (χ3n) is 4.42. The van der Waals surface area contributed by atoms with Gasteiger partial charge in [0, 0.05) is 17.6 Å². The summed E-state index contributed by atoms with van der Waals surface area (Å²) in [6, 6.07) is 3.71. The zero-order valence-electron chi connectivity index (χ0n) is 15.2. The average Bonchev–Trinajstić information content (AvgIpc) is 2.66. The maximum atomic E-state index is 6.15. The summed E-state index contributed by atoms with van der Waals surface area (Å²) in [6.07, 6.45) is 9.98. The van der Waals surface area contributed by atoms with Crippen LogP contribution in [0.1, 0.15) is 37.7 Å². The number of nitrogens with one attached hydrogen (secondary N) is 2. The van der Waals surface area contributed by atoms with Crippen LogP contribution < -0.4 is 15.4 Å². The van der Waals surface area contributed by atoms with Crippen molar-refractivity contribution in [1.82, 2.24) is 15.2 Å². The lowest BCUT2D eigenvalue weighted by Gasteiger charge is -2.14. The number of benzene rings is 1. The van der Waals surface area contributed by atoms with E-state index in [0.717, 1.165) is 24.2 Å². The summed E-state index contributed by atoms with van der Waals surface area (Å²) in [5.74, 6) is 1.76. The van der Waals surface area contributed by atoms with E-state index in [4.69, 9.17) is 16.3 Å². The van der Waals surface area contributed by atoms with Crippen molar-refractivity contribution in [3.63, 3.8) is 0 Å². The van der Waals surface area contributed by atoms with Crippen LogP contribution in [0.25, 0.3) is 0 Å². The molecule has 0 spiro atoms. The predicted molar refractivity (Wildman–Crippen MR) is 106 cm³/mol. The molecule has 0 fully saturated rings. The van der Waals surface area contributed by atoms with Crippen molar-refractivity contribution in [2.24, 2.45) is 0 Å². The van der Waals surface area contributed by atoms with E-state index in [0.29, 0.717) is 22.5 Å². The number of aryl methyl sites for hydroxylation is 1. The molecule has 1 aromatic heterocycles. The number of halogens is 1. The van der Waals surface area contributed by atoms with Gasteiger partial charge in [0.25, 0.3) is 0 Å². The molecule has 3 rings (SSSR count). The molecule has 0 amide bonds. The van der Waals surface area contributed by atoms with Gasteiger partial charge in [-0.3, -0.25) is 0 Å². The Bertz CT molecular complexity index is 793. The zero-order chi connectivity index (χ0) is 18.4. The van der Waals surface area contributed by atoms with Crippen molar-refractivity contribution in [2.45, 2.75) is 39.0 Å². The van der Waals surface area contributed by atoms with Gasteiger partial charge in [-0.05, 0) is 50.7 Å². The summed E-state index contributed by atoms with van der Waals surface area (Å²) in [4.78, 5) is 4.47. The van der Waals surface area contributed by atoms with Gasteiger partial charge in [-0.25, -0.2) is 0 Å². The second-order valence-corrected chi connectivity index (χ2v) is 6.78. The van der Waals surface area contributed by atoms with E-state index in [1.807, 2.05) is 13.0 Å². The van der Waals surface area contributed by atoms with E-state index in [9.17, 15) is 0 Å². The molecule has 6 nitrogen and oxygen atoms in total. The lowest BCUT2D eigenvalue weighted by Crippen LogP contribution is -2.09. The molecule has 0 atom stereocenters. The van der Waals surface area contributed by atoms with Crippen LogP contribution in [-0.4, -0.2) is 28.8 Å². The lowest BCUT2D eigenvalue weighted by atomic mass is 9.97. The molecule has 0 unspecified atom stereocenters. The summed E-state index contributed by atoms with van der Waals surface area (Å²) in [7, 11) is 1.61. The Hall–Kier alpha value is -2.34. The Labute approximate surface area is 159 Å². The maximum absolute atomic E-state index is 6.15. The summed E-state index contributed by atoms with van der Waals surface area (Å²) in [6.45, 7) is 2.75. The second-order valence-electron chi connectivity index (χ2n) is 6.38. The fourth-order valence-electron chi connectivity index (χ4n) is 2.97. The van der Waals surface area contributed by atoms with Crippen molar-refractivity contribution in [3.8, 4) is 5.75 Å². The first kappa shape index (κ1) is 18.5. The van der Waals surface area contributed by atoms with E-state index in [1.165, 1.54) is 31.3 Å². The number of hydrogen-bond acceptors (Lipinski definition) is 6. The van der Waals surface area contributed by atoms with Crippen LogP contribution in [0.5, 0.6) is 5.75 Å². The maximum Gasteiger partial charge on any atom is 0.244 e. The molecular formula is C19H24ClN5O. The fraction of sp³-hybridized carbons (Fsp3) is 0.421. The zero-order valence-corrected chi connectivity index (χ0v) is 15.9. The van der Waals surface area contributed by atoms with Gasteiger partial charge < -0.3 is 15.4 Å². The summed E-state index contributed by atoms with van der Waals surface area (Å²) in [5.41, 5.74) is 3.26. The smallest absolute Gasteiger partial charge is 0.244 e. The molecule has 1 aromatic carbocycles. The van der Waals surface area contributed by atoms with E-state index in [2.05, 4.69) is 31.9 Å². The van der Waals surface area contributed by atoms with Gasteiger partial charge >= 0.3 is 0 Å². The minimum absolute atomic E-state index is 0.510. The molecule has 7 heteroatoms. The van der Waals surface area contributed by atoms with Crippen LogP contribution in [0.4, 0.5) is 17.5 Å². The summed E-state index contributed by atoms with van der Waals surface area (Å²) >= 11 is 6.15. The first-order chi connectivity index (χ1) is 12.7. The third kappa shape index (κ3) is 4.85. The molecule has 0 aliphatic heterocycles. The van der Waals surface area contributed by atoms with Crippen molar-refractivity contribution in [1.29, 1.82) is 0 Å². The minimum Gasteiger partial charge on any atom is -0.495 e. The number of ether oxygens (including phenoxy) is 1. The molecule has 1 aliphatic carbocycles. The standard InChI is InChI=1S/C19H24ClN5O/c1-13-10-16(17(26-2)11-15(13)20)23-18-12-22-25-19(24-18)21-9-8-14-6-4-3-5-7-14/h6,10-12H,3-5,7-9H2,1-2H3,(H2,21,23,24,25). The van der Waals surface area contributed by atoms with E-state index in [1.54, 1.807) is 19.4 Å². The Morgan fingerprint density at radius 1 is 1.27 bits per heavy atom. The average molecular weight is 374 g/mol. The normalized spacial score (nSPS) is 13.9. The van der Waals surface area contributed by atoms with E-state index in [-0.39, 0.29) is 0 Å². The van der Waals surface area contributed by atoms with Gasteiger partial charge in [0.05, 0.1) is 19.0 Å². The van der Waals surface area contributed by atoms with Crippen molar-refractivity contribution < 1.29 is 4.74 Å². The van der Waals surface area contributed by atoms with Gasteiger partial charge in [-0.15, -0.1) is 5.10 Å². The van der Waals surface area contributed by atoms with Gasteiger partial charge in [0.2, 0.25) is 5.95 Å². The van der Waals surface area contributed by atoms with Gasteiger partial charge in [-0.1, -0.05) is 23.3 Å². The number of methoxy groups -OCH3 is 1. The van der Waals surface area contributed by atoms with E-state index >= 15 is 0 Å². The number of hydrogen-bond donors (Lipinski definition) is 2. The Kier molecular flexibility index (Phi) is 6.28. The molecular weight excluding hydrogens is 350 g/mol. The van der Waals surface area contributed by atoms with Gasteiger partial charge in [-0.2, -0.15) is 10.1 Å². The summed E-state index contributed by atoms with van der Waals surface area (Å²) < 4.78 is 5.38. The number of aromatic nitrogens is 3. The van der Waals surface area contributed by atoms with Crippen LogP contribution >= 0.6 is 11.6 Å². The highest BCUT2D eigenvalue weighted by atomic mass is 35.5. The fourth-order valence-corrected chi connectivity index (χ4v) is 3.13. The van der Waals surface area contributed by atoms with Crippen LogP contribution in [-0.2, 0) is 0 Å². The lowest BCUT2D eigenvalue weighted by molar-refractivity contribution is 0.416. The first-order valence-electron chi connectivity index (χ1n) is 8.88. The predicted octanol–water partition coefficient (Wildman–Crippen LogP) is 4.89. The van der Waals surface area contributed by atoms with Crippen molar-refractivity contribution >= 4 is 29.1 Å². The topological polar surface area (TPSA) is 72.0 Å². The monoisotopic (exact) mass is 373 g/mol.